The Balaban J connectivity index is 1.89. The lowest BCUT2D eigenvalue weighted by atomic mass is 10.3. The topological polar surface area (TPSA) is 71.1 Å². The number of hydrogen-bond acceptors (Lipinski definition) is 4. The number of rotatable bonds is 3. The van der Waals surface area contributed by atoms with E-state index in [0.717, 1.165) is 12.1 Å². The third-order valence-corrected chi connectivity index (χ3v) is 3.41. The van der Waals surface area contributed by atoms with Crippen molar-refractivity contribution in [1.82, 2.24) is 9.80 Å². The van der Waals surface area contributed by atoms with E-state index in [1.165, 1.54) is 21.9 Å². The van der Waals surface area contributed by atoms with E-state index in [1.807, 2.05) is 0 Å². The Morgan fingerprint density at radius 3 is 2.40 bits per heavy atom. The molecule has 10 heteroatoms. The molecule has 7 nitrogen and oxygen atoms in total. The molecule has 1 aliphatic rings. The molecule has 1 aromatic rings. The number of alkyl halides is 3. The monoisotopic (exact) mass is 361 g/mol. The predicted molar refractivity (Wildman–Crippen MR) is 82.3 cm³/mol. The molecule has 0 radical (unpaired) electrons. The number of carbonyl (C=O) groups excluding carboxylic acids is 2. The second-order valence-corrected chi connectivity index (χ2v) is 5.18. The van der Waals surface area contributed by atoms with Crippen molar-refractivity contribution in [2.75, 3.05) is 38.1 Å². The molecule has 0 spiro atoms. The number of nitrogens with one attached hydrogen (secondary N) is 1. The van der Waals surface area contributed by atoms with Gasteiger partial charge in [0.25, 0.3) is 0 Å². The first-order valence-corrected chi connectivity index (χ1v) is 7.62. The number of amides is 3. The highest BCUT2D eigenvalue weighted by Gasteiger charge is 2.31. The number of carbonyl (C=O) groups is 2. The molecule has 0 bridgehead atoms. The van der Waals surface area contributed by atoms with Gasteiger partial charge in [0, 0.05) is 37.9 Å². The number of urea groups is 1. The normalized spacial score (nSPS) is 14.9. The number of piperazine rings is 1. The van der Waals surface area contributed by atoms with Gasteiger partial charge in [0.1, 0.15) is 5.75 Å². The van der Waals surface area contributed by atoms with Crippen LogP contribution >= 0.6 is 0 Å². The maximum atomic E-state index is 12.2. The molecular formula is C15H18F3N3O4. The molecule has 3 amide bonds. The highest BCUT2D eigenvalue weighted by Crippen LogP contribution is 2.25. The molecule has 1 aliphatic heterocycles. The Kier molecular flexibility index (Phi) is 5.94. The molecule has 1 heterocycles. The minimum absolute atomic E-state index is 0.180. The van der Waals surface area contributed by atoms with Crippen LogP contribution in [0.2, 0.25) is 0 Å². The highest BCUT2D eigenvalue weighted by atomic mass is 19.4. The van der Waals surface area contributed by atoms with Crippen LogP contribution < -0.4 is 10.1 Å². The third kappa shape index (κ3) is 5.73. The van der Waals surface area contributed by atoms with Crippen molar-refractivity contribution >= 4 is 17.8 Å². The van der Waals surface area contributed by atoms with Crippen molar-refractivity contribution in [2.24, 2.45) is 0 Å². The van der Waals surface area contributed by atoms with Crippen LogP contribution in [-0.2, 0) is 4.74 Å². The first-order chi connectivity index (χ1) is 11.8. The minimum atomic E-state index is -4.80. The SMILES string of the molecule is CCOC(=O)N1CCN(C(=O)Nc2cccc(OC(F)(F)F)c2)CC1. The van der Waals surface area contributed by atoms with E-state index in [4.69, 9.17) is 4.74 Å². The van der Waals surface area contributed by atoms with E-state index in [0.29, 0.717) is 26.2 Å². The number of halogens is 3. The molecule has 0 unspecified atom stereocenters. The van der Waals surface area contributed by atoms with Crippen molar-refractivity contribution in [3.63, 3.8) is 0 Å². The summed E-state index contributed by atoms with van der Waals surface area (Å²) in [5.74, 6) is -0.419. The van der Waals surface area contributed by atoms with Crippen molar-refractivity contribution in [2.45, 2.75) is 13.3 Å². The summed E-state index contributed by atoms with van der Waals surface area (Å²) in [4.78, 5) is 26.7. The zero-order chi connectivity index (χ0) is 18.4. The Morgan fingerprint density at radius 2 is 1.80 bits per heavy atom. The smallest absolute Gasteiger partial charge is 0.450 e. The number of hydrogen-bond donors (Lipinski definition) is 1. The van der Waals surface area contributed by atoms with Gasteiger partial charge < -0.3 is 24.6 Å². The van der Waals surface area contributed by atoms with Crippen molar-refractivity contribution in [3.8, 4) is 5.75 Å². The Hall–Kier alpha value is -2.65. The van der Waals surface area contributed by atoms with E-state index < -0.39 is 24.2 Å². The van der Waals surface area contributed by atoms with Gasteiger partial charge in [-0.1, -0.05) is 6.07 Å². The van der Waals surface area contributed by atoms with Crippen LogP contribution in [0.5, 0.6) is 5.75 Å². The van der Waals surface area contributed by atoms with Crippen LogP contribution in [0.15, 0.2) is 24.3 Å². The zero-order valence-electron chi connectivity index (χ0n) is 13.5. The van der Waals surface area contributed by atoms with Crippen LogP contribution in [0.25, 0.3) is 0 Å². The van der Waals surface area contributed by atoms with Gasteiger partial charge in [0.2, 0.25) is 0 Å². The Labute approximate surface area is 142 Å². The standard InChI is InChI=1S/C15H18F3N3O4/c1-2-24-14(23)21-8-6-20(7-9-21)13(22)19-11-4-3-5-12(10-11)25-15(16,17)18/h3-5,10H,2,6-9H2,1H3,(H,19,22). The van der Waals surface area contributed by atoms with E-state index in [1.54, 1.807) is 6.92 Å². The Morgan fingerprint density at radius 1 is 1.16 bits per heavy atom. The second-order valence-electron chi connectivity index (χ2n) is 5.18. The summed E-state index contributed by atoms with van der Waals surface area (Å²) in [6.45, 7) is 3.22. The molecule has 0 aromatic heterocycles. The molecule has 25 heavy (non-hydrogen) atoms. The van der Waals surface area contributed by atoms with Gasteiger partial charge in [-0.05, 0) is 19.1 Å². The lowest BCUT2D eigenvalue weighted by Crippen LogP contribution is -2.51. The fraction of sp³-hybridized carbons (Fsp3) is 0.467. The quantitative estimate of drug-likeness (QED) is 0.899. The van der Waals surface area contributed by atoms with Crippen LogP contribution in [0.3, 0.4) is 0 Å². The molecule has 138 valence electrons. The molecule has 1 fully saturated rings. The van der Waals surface area contributed by atoms with Gasteiger partial charge in [-0.25, -0.2) is 9.59 Å². The molecule has 1 N–H and O–H groups in total. The molecule has 0 atom stereocenters. The van der Waals surface area contributed by atoms with E-state index in [9.17, 15) is 22.8 Å². The van der Waals surface area contributed by atoms with Gasteiger partial charge in [-0.3, -0.25) is 0 Å². The lowest BCUT2D eigenvalue weighted by molar-refractivity contribution is -0.274. The number of ether oxygens (including phenoxy) is 2. The van der Waals surface area contributed by atoms with E-state index >= 15 is 0 Å². The van der Waals surface area contributed by atoms with Crippen molar-refractivity contribution < 1.29 is 32.2 Å². The fourth-order valence-corrected chi connectivity index (χ4v) is 2.28. The van der Waals surface area contributed by atoms with Gasteiger partial charge in [0.05, 0.1) is 6.61 Å². The van der Waals surface area contributed by atoms with E-state index in [2.05, 4.69) is 10.1 Å². The summed E-state index contributed by atoms with van der Waals surface area (Å²) in [7, 11) is 0. The summed E-state index contributed by atoms with van der Waals surface area (Å²) in [5, 5.41) is 2.51. The largest absolute Gasteiger partial charge is 0.573 e. The van der Waals surface area contributed by atoms with Crippen LogP contribution in [0, 0.1) is 0 Å². The minimum Gasteiger partial charge on any atom is -0.450 e. The van der Waals surface area contributed by atoms with Crippen LogP contribution in [0.4, 0.5) is 28.4 Å². The zero-order valence-corrected chi connectivity index (χ0v) is 13.5. The van der Waals surface area contributed by atoms with E-state index in [-0.39, 0.29) is 12.3 Å². The number of nitrogens with zero attached hydrogens (tertiary/aromatic N) is 2. The summed E-state index contributed by atoms with van der Waals surface area (Å²) < 4.78 is 45.4. The van der Waals surface area contributed by atoms with Crippen molar-refractivity contribution in [1.29, 1.82) is 0 Å². The fourth-order valence-electron chi connectivity index (χ4n) is 2.28. The molecular weight excluding hydrogens is 343 g/mol. The van der Waals surface area contributed by atoms with Crippen molar-refractivity contribution in [3.05, 3.63) is 24.3 Å². The van der Waals surface area contributed by atoms with Gasteiger partial charge in [-0.2, -0.15) is 0 Å². The molecule has 0 saturated carbocycles. The average molecular weight is 361 g/mol. The summed E-state index contributed by atoms with van der Waals surface area (Å²) in [6, 6.07) is 4.56. The van der Waals surface area contributed by atoms with Crippen LogP contribution in [0.1, 0.15) is 6.92 Å². The predicted octanol–water partition coefficient (Wildman–Crippen LogP) is 2.89. The van der Waals surface area contributed by atoms with Crippen LogP contribution in [-0.4, -0.2) is 61.1 Å². The summed E-state index contributed by atoms with van der Waals surface area (Å²) >= 11 is 0. The second kappa shape index (κ2) is 7.95. The molecule has 1 saturated heterocycles. The summed E-state index contributed by atoms with van der Waals surface area (Å²) in [6.07, 6.45) is -5.23. The first kappa shape index (κ1) is 18.7. The number of anilines is 1. The summed E-state index contributed by atoms with van der Waals surface area (Å²) in [5.41, 5.74) is 0.180. The highest BCUT2D eigenvalue weighted by molar-refractivity contribution is 5.89. The lowest BCUT2D eigenvalue weighted by Gasteiger charge is -2.34. The van der Waals surface area contributed by atoms with Gasteiger partial charge in [0.15, 0.2) is 0 Å². The molecule has 1 aromatic carbocycles. The molecule has 2 rings (SSSR count). The maximum absolute atomic E-state index is 12.2. The van der Waals surface area contributed by atoms with Gasteiger partial charge in [-0.15, -0.1) is 13.2 Å². The third-order valence-electron chi connectivity index (χ3n) is 3.41. The number of benzene rings is 1. The van der Waals surface area contributed by atoms with Gasteiger partial charge >= 0.3 is 18.5 Å². The first-order valence-electron chi connectivity index (χ1n) is 7.62. The average Bonchev–Trinajstić information content (AvgIpc) is 2.54. The Bertz CT molecular complexity index is 616. The maximum Gasteiger partial charge on any atom is 0.573 e. The molecule has 0 aliphatic carbocycles.